The second-order valence-electron chi connectivity index (χ2n) is 9.13. The zero-order chi connectivity index (χ0) is 26.5. The van der Waals surface area contributed by atoms with Crippen molar-refractivity contribution in [2.45, 2.75) is 51.4 Å². The number of carbonyl (C=O) groups is 1. The first-order valence-corrected chi connectivity index (χ1v) is 14.6. The first-order chi connectivity index (χ1) is 18.0. The van der Waals surface area contributed by atoms with Crippen molar-refractivity contribution in [2.75, 3.05) is 6.16 Å². The molecular formula is C31H31N3O2P+. The molecule has 3 aromatic rings. The van der Waals surface area contributed by atoms with Crippen LogP contribution in [0.2, 0.25) is 0 Å². The lowest BCUT2D eigenvalue weighted by Crippen LogP contribution is -2.33. The quantitative estimate of drug-likeness (QED) is 0.232. The number of carboxylic acids is 1. The number of benzene rings is 3. The molecular weight excluding hydrogens is 477 g/mol. The van der Waals surface area contributed by atoms with E-state index >= 15 is 0 Å². The molecule has 0 aliphatic heterocycles. The normalized spacial score (nSPS) is 10.7. The van der Waals surface area contributed by atoms with E-state index in [2.05, 4.69) is 54.6 Å². The van der Waals surface area contributed by atoms with Gasteiger partial charge in [-0.3, -0.25) is 4.79 Å². The van der Waals surface area contributed by atoms with Crippen LogP contribution < -0.4 is 15.9 Å². The molecule has 1 N–H and O–H groups in total. The van der Waals surface area contributed by atoms with Crippen molar-refractivity contribution in [3.05, 3.63) is 89.5 Å². The van der Waals surface area contributed by atoms with Gasteiger partial charge in [-0.05, 0) is 92.1 Å². The van der Waals surface area contributed by atoms with Crippen molar-refractivity contribution in [1.29, 1.82) is 15.8 Å². The molecule has 6 heteroatoms. The van der Waals surface area contributed by atoms with Gasteiger partial charge >= 0.3 is 5.97 Å². The molecule has 0 saturated carbocycles. The zero-order valence-electron chi connectivity index (χ0n) is 20.9. The van der Waals surface area contributed by atoms with Gasteiger partial charge in [0.05, 0.1) is 41.1 Å². The minimum Gasteiger partial charge on any atom is -0.481 e. The fourth-order valence-electron chi connectivity index (χ4n) is 4.71. The molecule has 3 rings (SSSR count). The molecule has 0 saturated heterocycles. The van der Waals surface area contributed by atoms with Gasteiger partial charge in [0, 0.05) is 6.42 Å². The van der Waals surface area contributed by atoms with Crippen molar-refractivity contribution in [1.82, 2.24) is 0 Å². The van der Waals surface area contributed by atoms with E-state index in [-0.39, 0.29) is 6.42 Å². The van der Waals surface area contributed by atoms with E-state index in [0.717, 1.165) is 51.1 Å². The summed E-state index contributed by atoms with van der Waals surface area (Å²) in [5.41, 5.74) is 1.85. The fraction of sp³-hybridized carbons (Fsp3) is 0.290. The lowest BCUT2D eigenvalue weighted by molar-refractivity contribution is -0.137. The van der Waals surface area contributed by atoms with Crippen molar-refractivity contribution in [2.24, 2.45) is 0 Å². The molecule has 0 spiro atoms. The zero-order valence-corrected chi connectivity index (χ0v) is 21.8. The highest BCUT2D eigenvalue weighted by Gasteiger charge is 2.44. The third kappa shape index (κ3) is 7.27. The van der Waals surface area contributed by atoms with Gasteiger partial charge in [0.25, 0.3) is 0 Å². The van der Waals surface area contributed by atoms with Gasteiger partial charge in [-0.2, -0.15) is 15.8 Å². The summed E-state index contributed by atoms with van der Waals surface area (Å²) in [6, 6.07) is 30.2. The smallest absolute Gasteiger partial charge is 0.303 e. The number of hydrogen-bond acceptors (Lipinski definition) is 4. The molecule has 0 heterocycles. The molecule has 0 aromatic heterocycles. The van der Waals surface area contributed by atoms with Gasteiger partial charge < -0.3 is 5.11 Å². The minimum absolute atomic E-state index is 0.243. The van der Waals surface area contributed by atoms with Crippen LogP contribution in [0.4, 0.5) is 0 Å². The second kappa shape index (κ2) is 13.9. The first kappa shape index (κ1) is 27.6. The van der Waals surface area contributed by atoms with Crippen molar-refractivity contribution in [3.8, 4) is 18.2 Å². The second-order valence-corrected chi connectivity index (χ2v) is 12.7. The van der Waals surface area contributed by atoms with E-state index in [4.69, 9.17) is 5.11 Å². The van der Waals surface area contributed by atoms with Crippen LogP contribution in [0.1, 0.15) is 68.1 Å². The predicted molar refractivity (Wildman–Crippen MR) is 149 cm³/mol. The number of hydrogen-bond donors (Lipinski definition) is 1. The molecule has 5 nitrogen and oxygen atoms in total. The Morgan fingerprint density at radius 1 is 0.568 bits per heavy atom. The third-order valence-electron chi connectivity index (χ3n) is 6.70. The molecule has 3 aromatic carbocycles. The predicted octanol–water partition coefficient (Wildman–Crippen LogP) is 5.80. The topological polar surface area (TPSA) is 109 Å². The van der Waals surface area contributed by atoms with Crippen LogP contribution in [0.25, 0.3) is 0 Å². The van der Waals surface area contributed by atoms with Gasteiger partial charge in [0.2, 0.25) is 0 Å². The molecule has 0 fully saturated rings. The average molecular weight is 509 g/mol. The summed E-state index contributed by atoms with van der Waals surface area (Å²) in [5.74, 6) is -0.728. The molecule has 0 unspecified atom stereocenters. The monoisotopic (exact) mass is 508 g/mol. The van der Waals surface area contributed by atoms with E-state index in [9.17, 15) is 20.6 Å². The highest BCUT2D eigenvalue weighted by Crippen LogP contribution is 2.56. The van der Waals surface area contributed by atoms with Crippen LogP contribution in [0.15, 0.2) is 72.8 Å². The molecule has 0 aliphatic rings. The highest BCUT2D eigenvalue weighted by atomic mass is 31.2. The summed E-state index contributed by atoms with van der Waals surface area (Å²) in [6.45, 7) is 0. The summed E-state index contributed by atoms with van der Waals surface area (Å²) >= 11 is 0. The van der Waals surface area contributed by atoms with E-state index < -0.39 is 13.2 Å². The maximum Gasteiger partial charge on any atom is 0.303 e. The van der Waals surface area contributed by atoms with Crippen LogP contribution >= 0.6 is 7.26 Å². The Morgan fingerprint density at radius 2 is 0.892 bits per heavy atom. The third-order valence-corrected chi connectivity index (χ3v) is 11.2. The molecule has 0 amide bonds. The Labute approximate surface area is 220 Å². The van der Waals surface area contributed by atoms with Gasteiger partial charge in [-0.15, -0.1) is 0 Å². The van der Waals surface area contributed by atoms with Crippen LogP contribution in [-0.2, 0) is 4.79 Å². The molecule has 186 valence electrons. The maximum absolute atomic E-state index is 10.7. The minimum atomic E-state index is -2.12. The molecule has 0 aliphatic carbocycles. The number of unbranched alkanes of at least 4 members (excludes halogenated alkanes) is 6. The Balaban J connectivity index is 1.90. The number of nitrogens with zero attached hydrogens (tertiary/aromatic N) is 3. The van der Waals surface area contributed by atoms with E-state index in [1.807, 2.05) is 36.4 Å². The van der Waals surface area contributed by atoms with Gasteiger partial charge in [-0.1, -0.05) is 25.7 Å². The van der Waals surface area contributed by atoms with Crippen molar-refractivity contribution in [3.63, 3.8) is 0 Å². The lowest BCUT2D eigenvalue weighted by atomic mass is 10.1. The Hall–Kier alpha value is -3.97. The van der Waals surface area contributed by atoms with Crippen molar-refractivity contribution >= 4 is 29.1 Å². The number of rotatable bonds is 13. The van der Waals surface area contributed by atoms with Crippen LogP contribution in [0, 0.1) is 34.0 Å². The summed E-state index contributed by atoms with van der Waals surface area (Å²) in [7, 11) is -2.12. The average Bonchev–Trinajstić information content (AvgIpc) is 2.94. The molecule has 37 heavy (non-hydrogen) atoms. The SMILES string of the molecule is N#Cc1ccc([P+](CCCCCCCCCC(=O)O)(c2ccc(C#N)cc2)c2ccc(C#N)cc2)cc1. The van der Waals surface area contributed by atoms with Gasteiger partial charge in [0.15, 0.2) is 0 Å². The Morgan fingerprint density at radius 3 is 1.22 bits per heavy atom. The van der Waals surface area contributed by atoms with Crippen LogP contribution in [0.5, 0.6) is 0 Å². The highest BCUT2D eigenvalue weighted by molar-refractivity contribution is 7.95. The number of aliphatic carboxylic acids is 1. The largest absolute Gasteiger partial charge is 0.481 e. The summed E-state index contributed by atoms with van der Waals surface area (Å²) in [4.78, 5) is 10.7. The summed E-state index contributed by atoms with van der Waals surface area (Å²) in [5, 5.41) is 40.4. The van der Waals surface area contributed by atoms with E-state index in [1.165, 1.54) is 15.9 Å². The molecule has 0 atom stereocenters. The fourth-order valence-corrected chi connectivity index (χ4v) is 9.06. The Bertz CT molecular complexity index is 1160. The van der Waals surface area contributed by atoms with Crippen molar-refractivity contribution < 1.29 is 9.90 Å². The summed E-state index contributed by atoms with van der Waals surface area (Å²) in [6.07, 6.45) is 8.20. The van der Waals surface area contributed by atoms with E-state index in [1.54, 1.807) is 0 Å². The maximum atomic E-state index is 10.7. The lowest BCUT2D eigenvalue weighted by Gasteiger charge is -2.28. The standard InChI is InChI=1S/C31H30N3O2P/c32-22-25-9-15-28(16-10-25)37(29-17-11-26(23-33)12-18-29,30-19-13-27(24-34)14-20-30)21-7-5-3-1-2-4-6-8-31(35)36/h9-20H,1-8,21H2/p+1. The number of nitriles is 3. The van der Waals surface area contributed by atoms with Gasteiger partial charge in [0.1, 0.15) is 23.2 Å². The molecule has 0 bridgehead atoms. The van der Waals surface area contributed by atoms with Crippen LogP contribution in [-0.4, -0.2) is 17.2 Å². The summed E-state index contributed by atoms with van der Waals surface area (Å²) < 4.78 is 0. The first-order valence-electron chi connectivity index (χ1n) is 12.7. The molecule has 0 radical (unpaired) electrons. The van der Waals surface area contributed by atoms with E-state index in [0.29, 0.717) is 16.7 Å². The van der Waals surface area contributed by atoms with Crippen LogP contribution in [0.3, 0.4) is 0 Å². The van der Waals surface area contributed by atoms with Gasteiger partial charge in [-0.25, -0.2) is 0 Å². The number of carboxylic acid groups (broad SMARTS) is 1. The Kier molecular flexibility index (Phi) is 10.4.